The van der Waals surface area contributed by atoms with Gasteiger partial charge in [-0.25, -0.2) is 0 Å². The van der Waals surface area contributed by atoms with E-state index in [0.717, 1.165) is 16.5 Å². The molecule has 5 aromatic rings. The minimum atomic E-state index is -0.887. The number of furan rings is 1. The summed E-state index contributed by atoms with van der Waals surface area (Å²) in [4.78, 5) is 28.6. The van der Waals surface area contributed by atoms with E-state index < -0.39 is 23.5 Å². The molecule has 7 nitrogen and oxygen atoms in total. The number of benzene rings is 3. The number of hydrogen-bond donors (Lipinski definition) is 1. The zero-order chi connectivity index (χ0) is 27.1. The third-order valence-electron chi connectivity index (χ3n) is 6.58. The number of aryl methyl sites for hydroxylation is 2. The van der Waals surface area contributed by atoms with Crippen LogP contribution in [0.3, 0.4) is 0 Å². The van der Waals surface area contributed by atoms with Crippen molar-refractivity contribution < 1.29 is 19.1 Å². The lowest BCUT2D eigenvalue weighted by molar-refractivity contribution is -0.117. The SMILES string of the molecule is Cc1ccc(CSc2nnc(N3C(=O)C(O)=C(C(=O)c4cc5ccccc5o4)C3c3ccc(C)cc3)s2)cc1. The monoisotopic (exact) mass is 553 g/mol. The van der Waals surface area contributed by atoms with E-state index in [1.807, 2.05) is 56.3 Å². The van der Waals surface area contributed by atoms with Crippen LogP contribution in [0.2, 0.25) is 0 Å². The van der Waals surface area contributed by atoms with Crippen LogP contribution in [0.4, 0.5) is 5.13 Å². The predicted molar refractivity (Wildman–Crippen MR) is 152 cm³/mol. The molecule has 0 spiro atoms. The molecule has 9 heteroatoms. The van der Waals surface area contributed by atoms with Crippen LogP contribution in [0.5, 0.6) is 0 Å². The standard InChI is InChI=1S/C30H23N3O4S2/c1-17-7-11-19(12-8-17)16-38-30-32-31-29(39-30)33-25(20-13-9-18(2)10-14-20)24(27(35)28(33)36)26(34)23-15-21-5-3-4-6-22(21)37-23/h3-15,25,35H,16H2,1-2H3. The van der Waals surface area contributed by atoms with Crippen molar-refractivity contribution in [1.82, 2.24) is 10.2 Å². The van der Waals surface area contributed by atoms with Crippen molar-refractivity contribution in [3.63, 3.8) is 0 Å². The minimum absolute atomic E-state index is 0.0491. The van der Waals surface area contributed by atoms with E-state index in [9.17, 15) is 14.7 Å². The number of carbonyl (C=O) groups excluding carboxylic acids is 2. The fourth-order valence-electron chi connectivity index (χ4n) is 4.51. The zero-order valence-electron chi connectivity index (χ0n) is 21.1. The van der Waals surface area contributed by atoms with Gasteiger partial charge in [0.2, 0.25) is 10.9 Å². The maximum atomic E-state index is 13.8. The van der Waals surface area contributed by atoms with Crippen molar-refractivity contribution in [2.24, 2.45) is 0 Å². The fraction of sp³-hybridized carbons (Fsp3) is 0.133. The minimum Gasteiger partial charge on any atom is -0.503 e. The highest BCUT2D eigenvalue weighted by Gasteiger charge is 2.46. The molecule has 0 fully saturated rings. The molecule has 194 valence electrons. The first kappa shape index (κ1) is 25.1. The Balaban J connectivity index is 1.35. The van der Waals surface area contributed by atoms with Gasteiger partial charge in [0.15, 0.2) is 15.9 Å². The van der Waals surface area contributed by atoms with Gasteiger partial charge in [0.25, 0.3) is 5.91 Å². The second kappa shape index (κ2) is 10.2. The number of carbonyl (C=O) groups is 2. The molecular formula is C30H23N3O4S2. The third-order valence-corrected chi connectivity index (χ3v) is 8.71. The van der Waals surface area contributed by atoms with Crippen molar-refractivity contribution in [2.45, 2.75) is 30.0 Å². The molecule has 3 aromatic carbocycles. The predicted octanol–water partition coefficient (Wildman–Crippen LogP) is 6.98. The average molecular weight is 554 g/mol. The Morgan fingerprint density at radius 1 is 1.00 bits per heavy atom. The first-order chi connectivity index (χ1) is 18.9. The van der Waals surface area contributed by atoms with Gasteiger partial charge in [-0.3, -0.25) is 14.5 Å². The molecule has 0 aliphatic carbocycles. The molecule has 1 amide bonds. The van der Waals surface area contributed by atoms with Crippen LogP contribution >= 0.6 is 23.1 Å². The zero-order valence-corrected chi connectivity index (χ0v) is 22.8. The van der Waals surface area contributed by atoms with E-state index in [2.05, 4.69) is 34.5 Å². The highest BCUT2D eigenvalue weighted by atomic mass is 32.2. The molecule has 1 aliphatic rings. The first-order valence-corrected chi connectivity index (χ1v) is 14.1. The molecule has 6 rings (SSSR count). The number of para-hydroxylation sites is 1. The molecule has 1 atom stereocenters. The largest absolute Gasteiger partial charge is 0.503 e. The van der Waals surface area contributed by atoms with Gasteiger partial charge < -0.3 is 9.52 Å². The van der Waals surface area contributed by atoms with Crippen molar-refractivity contribution in [2.75, 3.05) is 4.90 Å². The number of aromatic nitrogens is 2. The van der Waals surface area contributed by atoms with Gasteiger partial charge in [0, 0.05) is 11.1 Å². The van der Waals surface area contributed by atoms with Crippen molar-refractivity contribution >= 4 is 50.9 Å². The van der Waals surface area contributed by atoms with Crippen molar-refractivity contribution in [3.8, 4) is 0 Å². The summed E-state index contributed by atoms with van der Waals surface area (Å²) in [5, 5.41) is 20.7. The van der Waals surface area contributed by atoms with Crippen molar-refractivity contribution in [1.29, 1.82) is 0 Å². The maximum absolute atomic E-state index is 13.8. The summed E-state index contributed by atoms with van der Waals surface area (Å²) in [7, 11) is 0. The molecule has 1 unspecified atom stereocenters. The van der Waals surface area contributed by atoms with E-state index >= 15 is 0 Å². The average Bonchev–Trinajstić information content (AvgIpc) is 3.65. The number of ketones is 1. The van der Waals surface area contributed by atoms with Crippen LogP contribution in [-0.4, -0.2) is 27.0 Å². The number of thioether (sulfide) groups is 1. The summed E-state index contributed by atoms with van der Waals surface area (Å²) in [6.07, 6.45) is 0. The van der Waals surface area contributed by atoms with Gasteiger partial charge in [0.05, 0.1) is 11.6 Å². The molecule has 0 saturated heterocycles. The number of aliphatic hydroxyl groups is 1. The quantitative estimate of drug-likeness (QED) is 0.132. The molecule has 3 heterocycles. The third kappa shape index (κ3) is 4.75. The van der Waals surface area contributed by atoms with Crippen LogP contribution in [0, 0.1) is 13.8 Å². The van der Waals surface area contributed by atoms with E-state index in [1.165, 1.54) is 33.6 Å². The number of aliphatic hydroxyl groups excluding tert-OH is 1. The number of hydrogen-bond acceptors (Lipinski definition) is 8. The van der Waals surface area contributed by atoms with Gasteiger partial charge in [0.1, 0.15) is 5.58 Å². The Kier molecular flexibility index (Phi) is 6.54. The van der Waals surface area contributed by atoms with Gasteiger partial charge in [-0.2, -0.15) is 0 Å². The lowest BCUT2D eigenvalue weighted by atomic mass is 9.94. The second-order valence-corrected chi connectivity index (χ2v) is 11.5. The van der Waals surface area contributed by atoms with Gasteiger partial charge in [-0.1, -0.05) is 101 Å². The summed E-state index contributed by atoms with van der Waals surface area (Å²) in [6, 6.07) is 23.8. The summed E-state index contributed by atoms with van der Waals surface area (Å²) in [6.45, 7) is 4.00. The summed E-state index contributed by atoms with van der Waals surface area (Å²) >= 11 is 2.76. The number of anilines is 1. The highest BCUT2D eigenvalue weighted by Crippen LogP contribution is 2.44. The summed E-state index contributed by atoms with van der Waals surface area (Å²) in [5.41, 5.74) is 4.53. The number of fused-ring (bicyclic) bond motifs is 1. The van der Waals surface area contributed by atoms with Gasteiger partial charge in [-0.05, 0) is 37.1 Å². The number of amides is 1. The first-order valence-electron chi connectivity index (χ1n) is 12.3. The fourth-order valence-corrected chi connectivity index (χ4v) is 6.34. The van der Waals surface area contributed by atoms with Crippen LogP contribution in [0.25, 0.3) is 11.0 Å². The molecule has 0 radical (unpaired) electrons. The number of rotatable bonds is 7. The molecule has 39 heavy (non-hydrogen) atoms. The number of nitrogens with zero attached hydrogens (tertiary/aromatic N) is 3. The van der Waals surface area contributed by atoms with E-state index in [-0.39, 0.29) is 11.3 Å². The Labute approximate surface area is 232 Å². The molecule has 2 aromatic heterocycles. The van der Waals surface area contributed by atoms with E-state index in [4.69, 9.17) is 4.42 Å². The lowest BCUT2D eigenvalue weighted by Gasteiger charge is -2.23. The maximum Gasteiger partial charge on any atom is 0.296 e. The van der Waals surface area contributed by atoms with Crippen molar-refractivity contribution in [3.05, 3.63) is 118 Å². The van der Waals surface area contributed by atoms with Crippen LogP contribution in [0.1, 0.15) is 38.9 Å². The topological polar surface area (TPSA) is 96.5 Å². The van der Waals surface area contributed by atoms with E-state index in [1.54, 1.807) is 12.1 Å². The Hall–Kier alpha value is -4.21. The van der Waals surface area contributed by atoms with Gasteiger partial charge >= 0.3 is 0 Å². The van der Waals surface area contributed by atoms with Gasteiger partial charge in [-0.15, -0.1) is 10.2 Å². The Bertz CT molecular complexity index is 1700. The smallest absolute Gasteiger partial charge is 0.296 e. The molecule has 1 N–H and O–H groups in total. The molecule has 1 aliphatic heterocycles. The molecule has 0 bridgehead atoms. The Morgan fingerprint density at radius 2 is 1.69 bits per heavy atom. The molecular weight excluding hydrogens is 530 g/mol. The second-order valence-electron chi connectivity index (χ2n) is 9.35. The Morgan fingerprint density at radius 3 is 2.41 bits per heavy atom. The number of Topliss-reactive ketones (excluding diaryl/α,β-unsaturated/α-hetero) is 1. The highest BCUT2D eigenvalue weighted by molar-refractivity contribution is 8.00. The summed E-state index contributed by atoms with van der Waals surface area (Å²) < 4.78 is 6.48. The van der Waals surface area contributed by atoms with Crippen LogP contribution in [-0.2, 0) is 10.5 Å². The van der Waals surface area contributed by atoms with E-state index in [0.29, 0.717) is 26.4 Å². The lowest BCUT2D eigenvalue weighted by Crippen LogP contribution is -2.31. The van der Waals surface area contributed by atoms with Crippen LogP contribution in [0.15, 0.2) is 99.0 Å². The normalized spacial score (nSPS) is 15.5. The summed E-state index contributed by atoms with van der Waals surface area (Å²) in [5.74, 6) is -1.12. The van der Waals surface area contributed by atoms with Crippen LogP contribution < -0.4 is 4.90 Å². The molecule has 0 saturated carbocycles.